The highest BCUT2D eigenvalue weighted by Crippen LogP contribution is 2.30. The van der Waals surface area contributed by atoms with Gasteiger partial charge in [-0.25, -0.2) is 12.7 Å². The maximum Gasteiger partial charge on any atom is 0.214 e. The number of nitrogens with zero attached hydrogens (tertiary/aromatic N) is 2. The summed E-state index contributed by atoms with van der Waals surface area (Å²) in [6, 6.07) is 8.17. The second-order valence-electron chi connectivity index (χ2n) is 7.35. The summed E-state index contributed by atoms with van der Waals surface area (Å²) in [6.45, 7) is 8.82. The molecule has 27 heavy (non-hydrogen) atoms. The van der Waals surface area contributed by atoms with Crippen LogP contribution < -0.4 is 4.74 Å². The first-order valence-corrected chi connectivity index (χ1v) is 11.9. The summed E-state index contributed by atoms with van der Waals surface area (Å²) in [4.78, 5) is 2.39. The van der Waals surface area contributed by atoms with Gasteiger partial charge in [-0.1, -0.05) is 32.4 Å². The molecule has 5 nitrogen and oxygen atoms in total. The summed E-state index contributed by atoms with van der Waals surface area (Å²) in [5.41, 5.74) is 1.28. The third kappa shape index (κ3) is 6.77. The van der Waals surface area contributed by atoms with Crippen LogP contribution in [0.1, 0.15) is 57.4 Å². The summed E-state index contributed by atoms with van der Waals surface area (Å²) in [6.07, 6.45) is 4.62. The van der Waals surface area contributed by atoms with E-state index in [-0.39, 0.29) is 0 Å². The molecule has 0 amide bonds. The van der Waals surface area contributed by atoms with E-state index in [4.69, 9.17) is 4.74 Å². The van der Waals surface area contributed by atoms with Crippen LogP contribution in [0.15, 0.2) is 24.3 Å². The van der Waals surface area contributed by atoms with Crippen LogP contribution in [0.4, 0.5) is 0 Å². The van der Waals surface area contributed by atoms with Gasteiger partial charge in [0.2, 0.25) is 10.0 Å². The summed E-state index contributed by atoms with van der Waals surface area (Å²) in [5, 5.41) is 0. The van der Waals surface area contributed by atoms with Crippen LogP contribution in [0, 0.1) is 0 Å². The summed E-state index contributed by atoms with van der Waals surface area (Å²) < 4.78 is 32.2. The highest BCUT2D eigenvalue weighted by Gasteiger charge is 2.28. The molecule has 0 atom stereocenters. The van der Waals surface area contributed by atoms with E-state index in [0.717, 1.165) is 57.5 Å². The van der Waals surface area contributed by atoms with Crippen molar-refractivity contribution in [2.24, 2.45) is 0 Å². The van der Waals surface area contributed by atoms with Crippen LogP contribution in [0.5, 0.6) is 5.75 Å². The Morgan fingerprint density at radius 1 is 1.04 bits per heavy atom. The van der Waals surface area contributed by atoms with Crippen molar-refractivity contribution in [2.75, 3.05) is 45.6 Å². The van der Waals surface area contributed by atoms with Gasteiger partial charge < -0.3 is 9.64 Å². The first kappa shape index (κ1) is 22.2. The molecule has 2 rings (SSSR count). The molecular weight excluding hydrogens is 360 g/mol. The van der Waals surface area contributed by atoms with Crippen molar-refractivity contribution in [1.82, 2.24) is 9.21 Å². The average Bonchev–Trinajstić information content (AvgIpc) is 2.71. The zero-order valence-corrected chi connectivity index (χ0v) is 18.0. The molecule has 154 valence electrons. The fourth-order valence-electron chi connectivity index (χ4n) is 3.81. The Balaban J connectivity index is 1.73. The lowest BCUT2D eigenvalue weighted by Crippen LogP contribution is -2.39. The zero-order valence-electron chi connectivity index (χ0n) is 17.2. The molecule has 0 unspecified atom stereocenters. The third-order valence-corrected chi connectivity index (χ3v) is 7.66. The van der Waals surface area contributed by atoms with Crippen molar-refractivity contribution in [3.8, 4) is 5.75 Å². The van der Waals surface area contributed by atoms with Gasteiger partial charge in [0.25, 0.3) is 0 Å². The molecule has 1 fully saturated rings. The third-order valence-electron chi connectivity index (χ3n) is 5.71. The minimum Gasteiger partial charge on any atom is -0.497 e. The quantitative estimate of drug-likeness (QED) is 0.535. The molecular formula is C21H36N2O3S. The maximum atomic E-state index is 12.6. The molecule has 0 bridgehead atoms. The molecule has 0 spiro atoms. The van der Waals surface area contributed by atoms with E-state index in [0.29, 0.717) is 24.8 Å². The second-order valence-corrected chi connectivity index (χ2v) is 9.44. The van der Waals surface area contributed by atoms with Crippen LogP contribution in [0.25, 0.3) is 0 Å². The minimum atomic E-state index is -3.11. The molecule has 1 aliphatic heterocycles. The number of piperidine rings is 1. The highest BCUT2D eigenvalue weighted by atomic mass is 32.2. The van der Waals surface area contributed by atoms with Gasteiger partial charge in [-0.2, -0.15) is 0 Å². The summed E-state index contributed by atoms with van der Waals surface area (Å²) in [5.74, 6) is 1.59. The lowest BCUT2D eigenvalue weighted by atomic mass is 9.90. The molecule has 1 saturated heterocycles. The Morgan fingerprint density at radius 3 is 2.22 bits per heavy atom. The Kier molecular flexibility index (Phi) is 9.06. The van der Waals surface area contributed by atoms with Crippen molar-refractivity contribution in [3.63, 3.8) is 0 Å². The molecule has 6 heteroatoms. The smallest absolute Gasteiger partial charge is 0.214 e. The Bertz CT molecular complexity index is 634. The van der Waals surface area contributed by atoms with Crippen molar-refractivity contribution < 1.29 is 13.2 Å². The van der Waals surface area contributed by atoms with Crippen molar-refractivity contribution in [3.05, 3.63) is 29.8 Å². The normalized spacial score (nSPS) is 16.7. The largest absolute Gasteiger partial charge is 0.497 e. The second kappa shape index (κ2) is 11.0. The van der Waals surface area contributed by atoms with E-state index in [1.807, 2.05) is 12.1 Å². The number of rotatable bonds is 11. The first-order chi connectivity index (χ1) is 13.0. The molecule has 1 aliphatic rings. The van der Waals surface area contributed by atoms with E-state index in [2.05, 4.69) is 30.9 Å². The highest BCUT2D eigenvalue weighted by molar-refractivity contribution is 7.89. The first-order valence-electron chi connectivity index (χ1n) is 10.3. The van der Waals surface area contributed by atoms with Gasteiger partial charge in [-0.05, 0) is 68.9 Å². The minimum absolute atomic E-state index is 0.290. The number of hydrogen-bond acceptors (Lipinski definition) is 4. The van der Waals surface area contributed by atoms with Gasteiger partial charge in [0.05, 0.1) is 12.9 Å². The van der Waals surface area contributed by atoms with E-state index in [9.17, 15) is 8.42 Å². The monoisotopic (exact) mass is 396 g/mol. The fraction of sp³-hybridized carbons (Fsp3) is 0.714. The van der Waals surface area contributed by atoms with Crippen LogP contribution in [-0.2, 0) is 10.0 Å². The fourth-order valence-corrected chi connectivity index (χ4v) is 5.40. The number of methoxy groups -OCH3 is 1. The predicted molar refractivity (Wildman–Crippen MR) is 112 cm³/mol. The van der Waals surface area contributed by atoms with Crippen LogP contribution in [0.3, 0.4) is 0 Å². The molecule has 1 aromatic rings. The molecule has 1 aromatic carbocycles. The van der Waals surface area contributed by atoms with E-state index in [1.54, 1.807) is 11.4 Å². The van der Waals surface area contributed by atoms with Gasteiger partial charge >= 0.3 is 0 Å². The molecule has 0 saturated carbocycles. The molecule has 0 N–H and O–H groups in total. The standard InChI is InChI=1S/C21H36N2O3S/c1-4-22(5-2)15-7-6-8-18-27(24,25)23-16-13-20(14-17-23)19-9-11-21(26-3)12-10-19/h9-12,20H,4-8,13-18H2,1-3H3. The topological polar surface area (TPSA) is 49.9 Å². The Hall–Kier alpha value is -1.11. The predicted octanol–water partition coefficient (Wildman–Crippen LogP) is 3.72. The Morgan fingerprint density at radius 2 is 1.67 bits per heavy atom. The lowest BCUT2D eigenvalue weighted by molar-refractivity contribution is 0.296. The molecule has 0 radical (unpaired) electrons. The summed E-state index contributed by atoms with van der Waals surface area (Å²) >= 11 is 0. The van der Waals surface area contributed by atoms with Gasteiger partial charge in [0.15, 0.2) is 0 Å². The van der Waals surface area contributed by atoms with Crippen LogP contribution in [-0.4, -0.2) is 63.2 Å². The van der Waals surface area contributed by atoms with E-state index >= 15 is 0 Å². The molecule has 1 heterocycles. The summed E-state index contributed by atoms with van der Waals surface area (Å²) in [7, 11) is -1.44. The van der Waals surface area contributed by atoms with Crippen molar-refractivity contribution in [2.45, 2.75) is 51.9 Å². The van der Waals surface area contributed by atoms with Crippen LogP contribution >= 0.6 is 0 Å². The molecule has 0 aromatic heterocycles. The van der Waals surface area contributed by atoms with Crippen molar-refractivity contribution in [1.29, 1.82) is 0 Å². The zero-order chi connectivity index (χ0) is 19.7. The average molecular weight is 397 g/mol. The number of hydrogen-bond donors (Lipinski definition) is 0. The number of sulfonamides is 1. The van der Waals surface area contributed by atoms with Crippen LogP contribution in [0.2, 0.25) is 0 Å². The Labute approximate surface area is 165 Å². The maximum absolute atomic E-state index is 12.6. The van der Waals surface area contributed by atoms with Gasteiger partial charge in [-0.3, -0.25) is 0 Å². The van der Waals surface area contributed by atoms with Gasteiger partial charge in [0, 0.05) is 13.1 Å². The van der Waals surface area contributed by atoms with Crippen molar-refractivity contribution >= 4 is 10.0 Å². The number of unbranched alkanes of at least 4 members (excludes halogenated alkanes) is 2. The van der Waals surface area contributed by atoms with Gasteiger partial charge in [0.1, 0.15) is 5.75 Å². The lowest BCUT2D eigenvalue weighted by Gasteiger charge is -2.31. The van der Waals surface area contributed by atoms with E-state index < -0.39 is 10.0 Å². The number of benzene rings is 1. The van der Waals surface area contributed by atoms with E-state index in [1.165, 1.54) is 5.56 Å². The number of ether oxygens (including phenoxy) is 1. The SMILES string of the molecule is CCN(CC)CCCCCS(=O)(=O)N1CCC(c2ccc(OC)cc2)CC1. The molecule has 0 aliphatic carbocycles. The van der Waals surface area contributed by atoms with Gasteiger partial charge in [-0.15, -0.1) is 0 Å².